The van der Waals surface area contributed by atoms with Crippen LogP contribution in [0.4, 0.5) is 5.69 Å². The highest BCUT2D eigenvalue weighted by Crippen LogP contribution is 2.20. The van der Waals surface area contributed by atoms with E-state index in [0.29, 0.717) is 5.52 Å². The average Bonchev–Trinajstić information content (AvgIpc) is 2.17. The summed E-state index contributed by atoms with van der Waals surface area (Å²) in [5.41, 5.74) is -0.687. The number of pyridine rings is 1. The zero-order chi connectivity index (χ0) is 11.0. The van der Waals surface area contributed by atoms with E-state index in [1.807, 2.05) is 0 Å². The zero-order valence-corrected chi connectivity index (χ0v) is 8.12. The molecule has 5 nitrogen and oxygen atoms in total. The molecule has 1 aromatic heterocycles. The molecule has 0 radical (unpaired) electrons. The van der Waals surface area contributed by atoms with Crippen LogP contribution < -0.4 is 5.43 Å². The van der Waals surface area contributed by atoms with E-state index in [4.69, 9.17) is 11.6 Å². The molecule has 0 atom stereocenters. The van der Waals surface area contributed by atoms with E-state index in [0.717, 1.165) is 6.20 Å². The fourth-order valence-corrected chi connectivity index (χ4v) is 1.61. The van der Waals surface area contributed by atoms with E-state index < -0.39 is 16.0 Å². The van der Waals surface area contributed by atoms with Crippen LogP contribution in [-0.4, -0.2) is 9.91 Å². The Balaban J connectivity index is 2.96. The first-order chi connectivity index (χ1) is 7.11. The predicted molar refractivity (Wildman–Crippen MR) is 56.2 cm³/mol. The molecule has 0 fully saturated rings. The second kappa shape index (κ2) is 3.36. The van der Waals surface area contributed by atoms with Crippen molar-refractivity contribution < 1.29 is 4.92 Å². The lowest BCUT2D eigenvalue weighted by molar-refractivity contribution is -0.386. The van der Waals surface area contributed by atoms with Crippen molar-refractivity contribution in [2.75, 3.05) is 0 Å². The van der Waals surface area contributed by atoms with Crippen molar-refractivity contribution in [3.8, 4) is 0 Å². The van der Waals surface area contributed by atoms with Gasteiger partial charge in [-0.1, -0.05) is 17.7 Å². The molecule has 0 aliphatic heterocycles. The van der Waals surface area contributed by atoms with E-state index >= 15 is 0 Å². The molecule has 2 aromatic rings. The van der Waals surface area contributed by atoms with Gasteiger partial charge in [0.15, 0.2) is 0 Å². The third-order valence-corrected chi connectivity index (χ3v) is 2.35. The van der Waals surface area contributed by atoms with Crippen LogP contribution in [0.25, 0.3) is 10.9 Å². The number of nitrogens with one attached hydrogen (secondary N) is 1. The van der Waals surface area contributed by atoms with E-state index in [1.165, 1.54) is 6.07 Å². The first-order valence-electron chi connectivity index (χ1n) is 4.05. The van der Waals surface area contributed by atoms with Crippen molar-refractivity contribution in [3.63, 3.8) is 0 Å². The first-order valence-corrected chi connectivity index (χ1v) is 4.43. The minimum Gasteiger partial charge on any atom is -0.355 e. The highest BCUT2D eigenvalue weighted by Gasteiger charge is 2.15. The van der Waals surface area contributed by atoms with Gasteiger partial charge < -0.3 is 4.98 Å². The van der Waals surface area contributed by atoms with Crippen LogP contribution in [0.1, 0.15) is 0 Å². The second-order valence-electron chi connectivity index (χ2n) is 2.92. The molecule has 76 valence electrons. The Bertz CT molecular complexity index is 606. The first kappa shape index (κ1) is 9.67. The van der Waals surface area contributed by atoms with Crippen molar-refractivity contribution in [1.29, 1.82) is 0 Å². The lowest BCUT2D eigenvalue weighted by atomic mass is 10.2. The molecule has 0 saturated carbocycles. The molecular weight excluding hydrogens is 220 g/mol. The third kappa shape index (κ3) is 1.46. The number of nitro groups is 1. The van der Waals surface area contributed by atoms with Crippen molar-refractivity contribution in [1.82, 2.24) is 4.98 Å². The molecule has 1 aromatic carbocycles. The molecule has 0 spiro atoms. The van der Waals surface area contributed by atoms with Gasteiger partial charge >= 0.3 is 5.69 Å². The monoisotopic (exact) mass is 224 g/mol. The summed E-state index contributed by atoms with van der Waals surface area (Å²) in [5.74, 6) is 0. The molecule has 6 heteroatoms. The van der Waals surface area contributed by atoms with Crippen LogP contribution in [0, 0.1) is 10.1 Å². The zero-order valence-electron chi connectivity index (χ0n) is 7.36. The van der Waals surface area contributed by atoms with E-state index in [9.17, 15) is 14.9 Å². The van der Waals surface area contributed by atoms with E-state index in [-0.39, 0.29) is 10.4 Å². The van der Waals surface area contributed by atoms with Crippen LogP contribution in [0.15, 0.2) is 29.2 Å². The smallest absolute Gasteiger partial charge is 0.332 e. The molecule has 0 aliphatic carbocycles. The van der Waals surface area contributed by atoms with Gasteiger partial charge in [0.25, 0.3) is 5.43 Å². The molecule has 0 unspecified atom stereocenters. The maximum atomic E-state index is 11.6. The summed E-state index contributed by atoms with van der Waals surface area (Å²) in [4.78, 5) is 24.1. The number of nitrogens with zero attached hydrogens (tertiary/aromatic N) is 1. The third-order valence-electron chi connectivity index (χ3n) is 2.03. The number of halogens is 1. The number of benzene rings is 1. The minimum atomic E-state index is -0.735. The highest BCUT2D eigenvalue weighted by molar-refractivity contribution is 6.35. The standard InChI is InChI=1S/C9H5ClN2O3/c10-5-2-1-3-6-8(5)9(13)7(4-11-6)12(14)15/h1-4H,(H,11,13). The van der Waals surface area contributed by atoms with Gasteiger partial charge in [-0.2, -0.15) is 0 Å². The lowest BCUT2D eigenvalue weighted by Crippen LogP contribution is -2.09. The predicted octanol–water partition coefficient (Wildman–Crippen LogP) is 2.09. The van der Waals surface area contributed by atoms with Gasteiger partial charge in [-0.15, -0.1) is 0 Å². The van der Waals surface area contributed by atoms with E-state index in [2.05, 4.69) is 4.98 Å². The van der Waals surface area contributed by atoms with Gasteiger partial charge in [-0.25, -0.2) is 0 Å². The van der Waals surface area contributed by atoms with Gasteiger partial charge in [0.05, 0.1) is 27.0 Å². The number of hydrogen-bond acceptors (Lipinski definition) is 3. The fraction of sp³-hybridized carbons (Fsp3) is 0. The summed E-state index contributed by atoms with van der Waals surface area (Å²) in [6, 6.07) is 4.81. The Hall–Kier alpha value is -1.88. The van der Waals surface area contributed by atoms with Crippen molar-refractivity contribution in [3.05, 3.63) is 49.8 Å². The van der Waals surface area contributed by atoms with Gasteiger partial charge in [0, 0.05) is 0 Å². The molecule has 15 heavy (non-hydrogen) atoms. The molecule has 1 heterocycles. The molecule has 0 aliphatic rings. The number of aromatic amines is 1. The molecule has 0 amide bonds. The van der Waals surface area contributed by atoms with Crippen LogP contribution in [-0.2, 0) is 0 Å². The molecule has 0 saturated heterocycles. The minimum absolute atomic E-state index is 0.147. The Morgan fingerprint density at radius 3 is 2.80 bits per heavy atom. The normalized spacial score (nSPS) is 10.5. The number of H-pyrrole nitrogens is 1. The van der Waals surface area contributed by atoms with Crippen molar-refractivity contribution in [2.24, 2.45) is 0 Å². The lowest BCUT2D eigenvalue weighted by Gasteiger charge is -1.98. The SMILES string of the molecule is O=c1c([N+](=O)[O-])c[nH]c2cccc(Cl)c12. The maximum Gasteiger partial charge on any atom is 0.332 e. The van der Waals surface area contributed by atoms with Gasteiger partial charge in [0.2, 0.25) is 0 Å². The molecular formula is C9H5ClN2O3. The van der Waals surface area contributed by atoms with Crippen LogP contribution in [0.2, 0.25) is 5.02 Å². The summed E-state index contributed by atoms with van der Waals surface area (Å²) >= 11 is 5.80. The Labute approximate surface area is 88.5 Å². The van der Waals surface area contributed by atoms with Crippen molar-refractivity contribution in [2.45, 2.75) is 0 Å². The van der Waals surface area contributed by atoms with Gasteiger partial charge in [-0.3, -0.25) is 14.9 Å². The number of hydrogen-bond donors (Lipinski definition) is 1. The Morgan fingerprint density at radius 1 is 1.40 bits per heavy atom. The largest absolute Gasteiger partial charge is 0.355 e. The van der Waals surface area contributed by atoms with Crippen molar-refractivity contribution >= 4 is 28.2 Å². The van der Waals surface area contributed by atoms with E-state index in [1.54, 1.807) is 12.1 Å². The van der Waals surface area contributed by atoms with Gasteiger partial charge in [-0.05, 0) is 12.1 Å². The Morgan fingerprint density at radius 2 is 2.13 bits per heavy atom. The average molecular weight is 225 g/mol. The topological polar surface area (TPSA) is 76.0 Å². The summed E-state index contributed by atoms with van der Waals surface area (Å²) in [7, 11) is 0. The van der Waals surface area contributed by atoms with Gasteiger partial charge in [0.1, 0.15) is 0 Å². The summed E-state index contributed by atoms with van der Waals surface area (Å²) in [6.45, 7) is 0. The fourth-order valence-electron chi connectivity index (χ4n) is 1.35. The Kier molecular flexibility index (Phi) is 2.17. The quantitative estimate of drug-likeness (QED) is 0.595. The molecule has 2 rings (SSSR count). The van der Waals surface area contributed by atoms with Crippen LogP contribution in [0.5, 0.6) is 0 Å². The van der Waals surface area contributed by atoms with Crippen LogP contribution >= 0.6 is 11.6 Å². The second-order valence-corrected chi connectivity index (χ2v) is 3.33. The van der Waals surface area contributed by atoms with Crippen LogP contribution in [0.3, 0.4) is 0 Å². The number of rotatable bonds is 1. The summed E-state index contributed by atoms with van der Waals surface area (Å²) in [5, 5.41) is 10.9. The highest BCUT2D eigenvalue weighted by atomic mass is 35.5. The number of aromatic nitrogens is 1. The summed E-state index contributed by atoms with van der Waals surface area (Å²) in [6.07, 6.45) is 1.07. The molecule has 0 bridgehead atoms. The molecule has 1 N–H and O–H groups in total. The maximum absolute atomic E-state index is 11.6. The number of fused-ring (bicyclic) bond motifs is 1. The summed E-state index contributed by atoms with van der Waals surface area (Å²) < 4.78 is 0.